The molecule has 0 radical (unpaired) electrons. The third-order valence-electron chi connectivity index (χ3n) is 4.34. The van der Waals surface area contributed by atoms with Crippen LogP contribution in [0.5, 0.6) is 0 Å². The van der Waals surface area contributed by atoms with Crippen LogP contribution in [-0.2, 0) is 0 Å². The van der Waals surface area contributed by atoms with E-state index in [4.69, 9.17) is 0 Å². The number of aromatic nitrogens is 3. The van der Waals surface area contributed by atoms with Crippen molar-refractivity contribution >= 4 is 29.7 Å². The summed E-state index contributed by atoms with van der Waals surface area (Å²) in [4.78, 5) is 19.1. The number of nitrogens with zero attached hydrogens (tertiary/aromatic N) is 4. The van der Waals surface area contributed by atoms with Gasteiger partial charge in [0.15, 0.2) is 0 Å². The van der Waals surface area contributed by atoms with Crippen molar-refractivity contribution in [2.45, 2.75) is 13.0 Å². The Hall–Kier alpha value is -2.22. The maximum Gasteiger partial charge on any atom is 0.273 e. The fourth-order valence-electron chi connectivity index (χ4n) is 2.95. The van der Waals surface area contributed by atoms with Crippen LogP contribution in [0.15, 0.2) is 48.1 Å². The van der Waals surface area contributed by atoms with Gasteiger partial charge >= 0.3 is 0 Å². The number of nitrogens with one attached hydrogen (secondary N) is 1. The second-order valence-electron chi connectivity index (χ2n) is 6.10. The van der Waals surface area contributed by atoms with E-state index < -0.39 is 0 Å². The zero-order valence-corrected chi connectivity index (χ0v) is 16.0. The van der Waals surface area contributed by atoms with E-state index >= 15 is 0 Å². The number of benzene rings is 1. The van der Waals surface area contributed by atoms with Gasteiger partial charge in [-0.1, -0.05) is 18.2 Å². The topological polar surface area (TPSA) is 63.1 Å². The first-order valence-corrected chi connectivity index (χ1v) is 9.18. The van der Waals surface area contributed by atoms with E-state index in [-0.39, 0.29) is 24.4 Å². The predicted molar refractivity (Wildman–Crippen MR) is 105 cm³/mol. The van der Waals surface area contributed by atoms with Gasteiger partial charge in [-0.25, -0.2) is 9.67 Å². The smallest absolute Gasteiger partial charge is 0.273 e. The molecule has 8 heteroatoms. The number of halogens is 1. The summed E-state index contributed by atoms with van der Waals surface area (Å²) >= 11 is 1.48. The molecular weight excluding hydrogens is 370 g/mol. The molecular formula is C18H20ClN5OS. The number of amides is 1. The quantitative estimate of drug-likeness (QED) is 0.748. The SMILES string of the molecule is C[C@@H]1CNCCN1C(=O)c1csc(-c2cnn(-c3ccccc3)c2)n1.Cl. The molecule has 1 atom stereocenters. The number of rotatable bonds is 3. The molecule has 1 saturated heterocycles. The summed E-state index contributed by atoms with van der Waals surface area (Å²) in [5, 5.41) is 10.3. The lowest BCUT2D eigenvalue weighted by Crippen LogP contribution is -2.52. The van der Waals surface area contributed by atoms with Gasteiger partial charge in [0.2, 0.25) is 0 Å². The maximum atomic E-state index is 12.7. The van der Waals surface area contributed by atoms with Gasteiger partial charge in [0.05, 0.1) is 11.9 Å². The van der Waals surface area contributed by atoms with Crippen molar-refractivity contribution in [2.24, 2.45) is 0 Å². The van der Waals surface area contributed by atoms with E-state index in [1.54, 1.807) is 6.20 Å². The van der Waals surface area contributed by atoms with E-state index in [1.165, 1.54) is 11.3 Å². The highest BCUT2D eigenvalue weighted by molar-refractivity contribution is 7.13. The van der Waals surface area contributed by atoms with Crippen molar-refractivity contribution in [3.63, 3.8) is 0 Å². The lowest BCUT2D eigenvalue weighted by Gasteiger charge is -2.33. The first-order chi connectivity index (χ1) is 12.2. The Morgan fingerprint density at radius 3 is 2.88 bits per heavy atom. The second-order valence-corrected chi connectivity index (χ2v) is 6.96. The van der Waals surface area contributed by atoms with Crippen LogP contribution >= 0.6 is 23.7 Å². The van der Waals surface area contributed by atoms with Crippen molar-refractivity contribution in [1.29, 1.82) is 0 Å². The number of carbonyl (C=O) groups excluding carboxylic acids is 1. The third kappa shape index (κ3) is 3.65. The average Bonchev–Trinajstić information content (AvgIpc) is 3.32. The maximum absolute atomic E-state index is 12.7. The molecule has 1 amide bonds. The second kappa shape index (κ2) is 7.99. The monoisotopic (exact) mass is 389 g/mol. The summed E-state index contributed by atoms with van der Waals surface area (Å²) in [5.41, 5.74) is 2.43. The van der Waals surface area contributed by atoms with Crippen LogP contribution in [0.3, 0.4) is 0 Å². The van der Waals surface area contributed by atoms with Crippen molar-refractivity contribution in [2.75, 3.05) is 19.6 Å². The molecule has 6 nitrogen and oxygen atoms in total. The molecule has 2 aromatic heterocycles. The molecule has 4 rings (SSSR count). The number of thiazole rings is 1. The lowest BCUT2D eigenvalue weighted by molar-refractivity contribution is 0.0650. The standard InChI is InChI=1S/C18H19N5OS.ClH/c1-13-9-19-7-8-22(13)18(24)16-12-25-17(21-16)14-10-20-23(11-14)15-5-3-2-4-6-15;/h2-6,10-13,19H,7-9H2,1H3;1H/t13-;/m1./s1. The lowest BCUT2D eigenvalue weighted by atomic mass is 10.2. The van der Waals surface area contributed by atoms with Crippen molar-refractivity contribution in [3.05, 3.63) is 53.8 Å². The van der Waals surface area contributed by atoms with Crippen molar-refractivity contribution in [1.82, 2.24) is 25.0 Å². The fourth-order valence-corrected chi connectivity index (χ4v) is 3.72. The zero-order valence-electron chi connectivity index (χ0n) is 14.3. The minimum Gasteiger partial charge on any atom is -0.332 e. The highest BCUT2D eigenvalue weighted by Gasteiger charge is 2.26. The molecule has 1 aliphatic rings. The van der Waals surface area contributed by atoms with Crippen LogP contribution in [0, 0.1) is 0 Å². The first kappa shape index (κ1) is 18.6. The number of carbonyl (C=O) groups is 1. The molecule has 136 valence electrons. The zero-order chi connectivity index (χ0) is 17.2. The van der Waals surface area contributed by atoms with Crippen LogP contribution in [-0.4, -0.2) is 51.2 Å². The summed E-state index contributed by atoms with van der Waals surface area (Å²) in [6.45, 7) is 4.43. The van der Waals surface area contributed by atoms with Crippen molar-refractivity contribution < 1.29 is 4.79 Å². The van der Waals surface area contributed by atoms with Crippen LogP contribution in [0.1, 0.15) is 17.4 Å². The molecule has 1 fully saturated rings. The number of hydrogen-bond acceptors (Lipinski definition) is 5. The van der Waals surface area contributed by atoms with Crippen LogP contribution in [0.2, 0.25) is 0 Å². The molecule has 1 aromatic carbocycles. The minimum atomic E-state index is 0. The average molecular weight is 390 g/mol. The Morgan fingerprint density at radius 1 is 1.31 bits per heavy atom. The minimum absolute atomic E-state index is 0. The molecule has 26 heavy (non-hydrogen) atoms. The molecule has 1 N–H and O–H groups in total. The highest BCUT2D eigenvalue weighted by Crippen LogP contribution is 2.25. The molecule has 0 saturated carbocycles. The summed E-state index contributed by atoms with van der Waals surface area (Å²) in [7, 11) is 0. The Kier molecular flexibility index (Phi) is 5.70. The summed E-state index contributed by atoms with van der Waals surface area (Å²) in [6.07, 6.45) is 3.73. The fraction of sp³-hybridized carbons (Fsp3) is 0.278. The largest absolute Gasteiger partial charge is 0.332 e. The van der Waals surface area contributed by atoms with E-state index in [0.29, 0.717) is 5.69 Å². The third-order valence-corrected chi connectivity index (χ3v) is 5.23. The molecule has 3 aromatic rings. The molecule has 0 aliphatic carbocycles. The van der Waals surface area contributed by atoms with Gasteiger partial charge in [0, 0.05) is 42.8 Å². The first-order valence-electron chi connectivity index (χ1n) is 8.30. The van der Waals surface area contributed by atoms with Gasteiger partial charge in [0.25, 0.3) is 5.91 Å². The molecule has 1 aliphatic heterocycles. The normalized spacial score (nSPS) is 17.0. The van der Waals surface area contributed by atoms with Crippen LogP contribution in [0.4, 0.5) is 0 Å². The Morgan fingerprint density at radius 2 is 2.12 bits per heavy atom. The molecule has 0 bridgehead atoms. The van der Waals surface area contributed by atoms with Crippen LogP contribution < -0.4 is 5.32 Å². The highest BCUT2D eigenvalue weighted by atomic mass is 35.5. The molecule has 3 heterocycles. The van der Waals surface area contributed by atoms with E-state index in [9.17, 15) is 4.79 Å². The number of hydrogen-bond donors (Lipinski definition) is 1. The Labute approximate surface area is 162 Å². The summed E-state index contributed by atoms with van der Waals surface area (Å²) < 4.78 is 1.82. The Balaban J connectivity index is 0.00000196. The predicted octanol–water partition coefficient (Wildman–Crippen LogP) is 2.85. The molecule has 0 spiro atoms. The summed E-state index contributed by atoms with van der Waals surface area (Å²) in [5.74, 6) is 0.00644. The van der Waals surface area contributed by atoms with Crippen molar-refractivity contribution in [3.8, 4) is 16.3 Å². The van der Waals surface area contributed by atoms with Gasteiger partial charge in [-0.15, -0.1) is 23.7 Å². The van der Waals surface area contributed by atoms with E-state index in [2.05, 4.69) is 22.3 Å². The van der Waals surface area contributed by atoms with Gasteiger partial charge in [-0.3, -0.25) is 4.79 Å². The van der Waals surface area contributed by atoms with Gasteiger partial charge in [-0.05, 0) is 19.1 Å². The van der Waals surface area contributed by atoms with Gasteiger partial charge < -0.3 is 10.2 Å². The van der Waals surface area contributed by atoms with Crippen LogP contribution in [0.25, 0.3) is 16.3 Å². The number of piperazine rings is 1. The summed E-state index contributed by atoms with van der Waals surface area (Å²) in [6, 6.07) is 10.1. The van der Waals surface area contributed by atoms with Gasteiger partial charge in [0.1, 0.15) is 10.7 Å². The molecule has 0 unspecified atom stereocenters. The number of para-hydroxylation sites is 1. The van der Waals surface area contributed by atoms with Gasteiger partial charge in [-0.2, -0.15) is 5.10 Å². The Bertz CT molecular complexity index is 879. The van der Waals surface area contributed by atoms with E-state index in [0.717, 1.165) is 35.9 Å². The van der Waals surface area contributed by atoms with E-state index in [1.807, 2.05) is 51.5 Å².